The average Bonchev–Trinajstić information content (AvgIpc) is 2.66. The van der Waals surface area contributed by atoms with Crippen molar-refractivity contribution in [2.45, 2.75) is 39.5 Å². The lowest BCUT2D eigenvalue weighted by atomic mass is 10.3. The summed E-state index contributed by atoms with van der Waals surface area (Å²) in [6, 6.07) is 0. The highest BCUT2D eigenvalue weighted by molar-refractivity contribution is 5.03. The van der Waals surface area contributed by atoms with Crippen molar-refractivity contribution in [3.05, 3.63) is 18.0 Å². The zero-order valence-electron chi connectivity index (χ0n) is 9.86. The molecule has 1 atom stereocenters. The number of nitrogens with zero attached hydrogens (tertiary/aromatic N) is 2. The normalized spacial score (nSPS) is 13.0. The van der Waals surface area contributed by atoms with Crippen LogP contribution >= 0.6 is 0 Å². The highest BCUT2D eigenvalue weighted by Crippen LogP contribution is 1.98. The Labute approximate surface area is 91.6 Å². The number of aromatic nitrogens is 2. The SMILES string of the molecule is CCCn1cc(CNCC(C)OC)cn1. The fraction of sp³-hybridized carbons (Fsp3) is 0.727. The molecule has 86 valence electrons. The van der Waals surface area contributed by atoms with E-state index in [9.17, 15) is 0 Å². The first-order chi connectivity index (χ1) is 7.26. The molecule has 1 N–H and O–H groups in total. The number of hydrogen-bond acceptors (Lipinski definition) is 3. The number of nitrogens with one attached hydrogen (secondary N) is 1. The van der Waals surface area contributed by atoms with Gasteiger partial charge in [0.05, 0.1) is 12.3 Å². The van der Waals surface area contributed by atoms with Gasteiger partial charge in [-0.1, -0.05) is 6.92 Å². The van der Waals surface area contributed by atoms with E-state index in [1.165, 1.54) is 5.56 Å². The van der Waals surface area contributed by atoms with Gasteiger partial charge in [-0.15, -0.1) is 0 Å². The van der Waals surface area contributed by atoms with Crippen LogP contribution in [-0.4, -0.2) is 29.5 Å². The van der Waals surface area contributed by atoms with Crippen molar-refractivity contribution in [1.82, 2.24) is 15.1 Å². The summed E-state index contributed by atoms with van der Waals surface area (Å²) in [6.45, 7) is 6.93. The van der Waals surface area contributed by atoms with Crippen LogP contribution in [0.2, 0.25) is 0 Å². The van der Waals surface area contributed by atoms with Crippen LogP contribution in [0.3, 0.4) is 0 Å². The Morgan fingerprint density at radius 1 is 1.60 bits per heavy atom. The molecule has 4 heteroatoms. The molecule has 0 fully saturated rings. The lowest BCUT2D eigenvalue weighted by Crippen LogP contribution is -2.25. The Kier molecular flexibility index (Phi) is 5.36. The highest BCUT2D eigenvalue weighted by Gasteiger charge is 2.00. The van der Waals surface area contributed by atoms with Gasteiger partial charge in [0.25, 0.3) is 0 Å². The third-order valence-electron chi connectivity index (χ3n) is 2.30. The molecule has 0 amide bonds. The molecule has 0 aliphatic rings. The molecule has 0 bridgehead atoms. The van der Waals surface area contributed by atoms with Crippen molar-refractivity contribution in [3.8, 4) is 0 Å². The van der Waals surface area contributed by atoms with Crippen LogP contribution in [0.1, 0.15) is 25.8 Å². The molecule has 1 heterocycles. The van der Waals surface area contributed by atoms with E-state index in [4.69, 9.17) is 4.74 Å². The summed E-state index contributed by atoms with van der Waals surface area (Å²) in [7, 11) is 1.73. The summed E-state index contributed by atoms with van der Waals surface area (Å²) in [4.78, 5) is 0. The maximum Gasteiger partial charge on any atom is 0.0667 e. The quantitative estimate of drug-likeness (QED) is 0.741. The van der Waals surface area contributed by atoms with Crippen LogP contribution in [-0.2, 0) is 17.8 Å². The second-order valence-corrected chi connectivity index (χ2v) is 3.79. The second kappa shape index (κ2) is 6.58. The lowest BCUT2D eigenvalue weighted by molar-refractivity contribution is 0.117. The van der Waals surface area contributed by atoms with E-state index < -0.39 is 0 Å². The third-order valence-corrected chi connectivity index (χ3v) is 2.30. The minimum absolute atomic E-state index is 0.260. The molecule has 1 rings (SSSR count). The Balaban J connectivity index is 2.25. The van der Waals surface area contributed by atoms with Crippen LogP contribution in [0.15, 0.2) is 12.4 Å². The summed E-state index contributed by atoms with van der Waals surface area (Å²) >= 11 is 0. The predicted molar refractivity (Wildman–Crippen MR) is 60.7 cm³/mol. The predicted octanol–water partition coefficient (Wildman–Crippen LogP) is 1.42. The van der Waals surface area contributed by atoms with Gasteiger partial charge < -0.3 is 10.1 Å². The van der Waals surface area contributed by atoms with Crippen LogP contribution in [0.25, 0.3) is 0 Å². The van der Waals surface area contributed by atoms with Crippen LogP contribution < -0.4 is 5.32 Å². The highest BCUT2D eigenvalue weighted by atomic mass is 16.5. The fourth-order valence-corrected chi connectivity index (χ4v) is 1.35. The standard InChI is InChI=1S/C11H21N3O/c1-4-5-14-9-11(8-13-14)7-12-6-10(2)15-3/h8-10,12H,4-7H2,1-3H3. The van der Waals surface area contributed by atoms with E-state index in [1.54, 1.807) is 7.11 Å². The zero-order valence-corrected chi connectivity index (χ0v) is 9.86. The largest absolute Gasteiger partial charge is 0.380 e. The van der Waals surface area contributed by atoms with Crippen molar-refractivity contribution in [3.63, 3.8) is 0 Å². The smallest absolute Gasteiger partial charge is 0.0667 e. The van der Waals surface area contributed by atoms with Crippen molar-refractivity contribution >= 4 is 0 Å². The minimum Gasteiger partial charge on any atom is -0.380 e. The Morgan fingerprint density at radius 3 is 3.07 bits per heavy atom. The molecule has 0 spiro atoms. The van der Waals surface area contributed by atoms with Crippen LogP contribution in [0.5, 0.6) is 0 Å². The molecular weight excluding hydrogens is 190 g/mol. The van der Waals surface area contributed by atoms with Gasteiger partial charge in [0, 0.05) is 38.5 Å². The molecule has 1 aromatic heterocycles. The summed E-state index contributed by atoms with van der Waals surface area (Å²) in [5.74, 6) is 0. The van der Waals surface area contributed by atoms with Crippen LogP contribution in [0.4, 0.5) is 0 Å². The molecular formula is C11H21N3O. The van der Waals surface area contributed by atoms with E-state index in [1.807, 2.05) is 17.8 Å². The monoisotopic (exact) mass is 211 g/mol. The molecule has 15 heavy (non-hydrogen) atoms. The Bertz CT molecular complexity index is 273. The molecule has 1 aromatic rings. The number of methoxy groups -OCH3 is 1. The third kappa shape index (κ3) is 4.44. The number of ether oxygens (including phenoxy) is 1. The van der Waals surface area contributed by atoms with E-state index in [-0.39, 0.29) is 6.10 Å². The topological polar surface area (TPSA) is 39.1 Å². The van der Waals surface area contributed by atoms with Gasteiger partial charge in [-0.05, 0) is 13.3 Å². The summed E-state index contributed by atoms with van der Waals surface area (Å²) in [6.07, 6.45) is 5.39. The van der Waals surface area contributed by atoms with Crippen molar-refractivity contribution in [1.29, 1.82) is 0 Å². The molecule has 0 aromatic carbocycles. The second-order valence-electron chi connectivity index (χ2n) is 3.79. The van der Waals surface area contributed by atoms with E-state index in [2.05, 4.69) is 23.5 Å². The number of rotatable bonds is 7. The van der Waals surface area contributed by atoms with Crippen molar-refractivity contribution < 1.29 is 4.74 Å². The molecule has 0 saturated carbocycles. The zero-order chi connectivity index (χ0) is 11.1. The number of aryl methyl sites for hydroxylation is 1. The van der Waals surface area contributed by atoms with E-state index >= 15 is 0 Å². The summed E-state index contributed by atoms with van der Waals surface area (Å²) in [5, 5.41) is 7.60. The summed E-state index contributed by atoms with van der Waals surface area (Å²) in [5.41, 5.74) is 1.23. The Morgan fingerprint density at radius 2 is 2.40 bits per heavy atom. The van der Waals surface area contributed by atoms with Gasteiger partial charge >= 0.3 is 0 Å². The molecule has 0 aliphatic heterocycles. The average molecular weight is 211 g/mol. The van der Waals surface area contributed by atoms with E-state index in [0.717, 1.165) is 26.1 Å². The molecule has 0 saturated heterocycles. The maximum atomic E-state index is 5.15. The minimum atomic E-state index is 0.260. The van der Waals surface area contributed by atoms with Gasteiger partial charge in [0.2, 0.25) is 0 Å². The van der Waals surface area contributed by atoms with Crippen molar-refractivity contribution in [2.75, 3.05) is 13.7 Å². The fourth-order valence-electron chi connectivity index (χ4n) is 1.35. The summed E-state index contributed by atoms with van der Waals surface area (Å²) < 4.78 is 7.13. The molecule has 0 aliphatic carbocycles. The maximum absolute atomic E-state index is 5.15. The first kappa shape index (κ1) is 12.2. The van der Waals surface area contributed by atoms with Gasteiger partial charge in [-0.3, -0.25) is 4.68 Å². The van der Waals surface area contributed by atoms with Gasteiger partial charge in [0.15, 0.2) is 0 Å². The van der Waals surface area contributed by atoms with Gasteiger partial charge in [-0.2, -0.15) is 5.10 Å². The van der Waals surface area contributed by atoms with Crippen LogP contribution in [0, 0.1) is 0 Å². The first-order valence-corrected chi connectivity index (χ1v) is 5.51. The van der Waals surface area contributed by atoms with Gasteiger partial charge in [0.1, 0.15) is 0 Å². The molecule has 1 unspecified atom stereocenters. The number of hydrogen-bond donors (Lipinski definition) is 1. The molecule has 0 radical (unpaired) electrons. The first-order valence-electron chi connectivity index (χ1n) is 5.51. The Hall–Kier alpha value is -0.870. The van der Waals surface area contributed by atoms with Crippen molar-refractivity contribution in [2.24, 2.45) is 0 Å². The van der Waals surface area contributed by atoms with Gasteiger partial charge in [-0.25, -0.2) is 0 Å². The molecule has 4 nitrogen and oxygen atoms in total. The lowest BCUT2D eigenvalue weighted by Gasteiger charge is -2.09. The van der Waals surface area contributed by atoms with E-state index in [0.29, 0.717) is 0 Å².